The van der Waals surface area contributed by atoms with Crippen LogP contribution >= 0.6 is 0 Å². The van der Waals surface area contributed by atoms with Crippen LogP contribution in [-0.4, -0.2) is 32.4 Å². The summed E-state index contributed by atoms with van der Waals surface area (Å²) in [6.45, 7) is 1.93. The largest absolute Gasteiger partial charge is 0.308 e. The molecule has 1 aliphatic rings. The van der Waals surface area contributed by atoms with Crippen molar-refractivity contribution < 1.29 is 13.2 Å². The maximum atomic E-state index is 12.0. The Morgan fingerprint density at radius 1 is 1.41 bits per heavy atom. The summed E-state index contributed by atoms with van der Waals surface area (Å²) in [5.74, 6) is -0.768. The predicted molar refractivity (Wildman–Crippen MR) is 66.8 cm³/mol. The zero-order valence-electron chi connectivity index (χ0n) is 9.88. The summed E-state index contributed by atoms with van der Waals surface area (Å²) in [5.41, 5.74) is 1.94. The molecule has 4 nitrogen and oxygen atoms in total. The Hall–Kier alpha value is -1.36. The third-order valence-electron chi connectivity index (χ3n) is 2.86. The average Bonchev–Trinajstić information content (AvgIpc) is 2.50. The smallest absolute Gasteiger partial charge is 0.242 e. The highest BCUT2D eigenvalue weighted by Crippen LogP contribution is 2.31. The summed E-state index contributed by atoms with van der Waals surface area (Å²) in [4.78, 5) is 13.6. The second-order valence-corrected chi connectivity index (χ2v) is 6.66. The first-order valence-electron chi connectivity index (χ1n) is 5.46. The average molecular weight is 253 g/mol. The summed E-state index contributed by atoms with van der Waals surface area (Å²) in [6, 6.07) is 7.65. The third kappa shape index (κ3) is 2.49. The normalized spacial score (nSPS) is 19.2. The molecule has 1 atom stereocenters. The number of anilines is 1. The Labute approximate surface area is 101 Å². The minimum atomic E-state index is -3.28. The van der Waals surface area contributed by atoms with E-state index in [1.807, 2.05) is 31.2 Å². The van der Waals surface area contributed by atoms with Gasteiger partial charge in [-0.25, -0.2) is 8.42 Å². The number of nitrogens with zero attached hydrogens (tertiary/aromatic N) is 1. The van der Waals surface area contributed by atoms with Gasteiger partial charge in [-0.2, -0.15) is 0 Å². The van der Waals surface area contributed by atoms with E-state index in [0.29, 0.717) is 0 Å². The van der Waals surface area contributed by atoms with Crippen LogP contribution in [0.3, 0.4) is 0 Å². The molecule has 1 amide bonds. The molecule has 92 valence electrons. The topological polar surface area (TPSA) is 54.5 Å². The van der Waals surface area contributed by atoms with Gasteiger partial charge in [-0.05, 0) is 25.0 Å². The molecule has 0 aromatic heterocycles. The first kappa shape index (κ1) is 12.1. The Bertz CT molecular complexity index is 551. The molecule has 17 heavy (non-hydrogen) atoms. The molecule has 0 N–H and O–H groups in total. The van der Waals surface area contributed by atoms with Gasteiger partial charge in [0.1, 0.15) is 5.75 Å². The van der Waals surface area contributed by atoms with E-state index in [1.165, 1.54) is 0 Å². The molecule has 0 unspecified atom stereocenters. The number of rotatable bonds is 2. The highest BCUT2D eigenvalue weighted by molar-refractivity contribution is 7.91. The lowest BCUT2D eigenvalue weighted by atomic mass is 10.1. The summed E-state index contributed by atoms with van der Waals surface area (Å²) < 4.78 is 22.3. The van der Waals surface area contributed by atoms with Gasteiger partial charge in [-0.3, -0.25) is 4.79 Å². The van der Waals surface area contributed by atoms with E-state index in [1.54, 1.807) is 4.90 Å². The SMILES string of the molecule is C[C@@H]1Cc2ccccc2N1C(=O)CS(C)(=O)=O. The number of benzene rings is 1. The first-order chi connectivity index (χ1) is 7.88. The number of para-hydroxylation sites is 1. The zero-order chi connectivity index (χ0) is 12.6. The van der Waals surface area contributed by atoms with Crippen molar-refractivity contribution in [3.05, 3.63) is 29.8 Å². The van der Waals surface area contributed by atoms with Crippen molar-refractivity contribution >= 4 is 21.4 Å². The van der Waals surface area contributed by atoms with Gasteiger partial charge in [0, 0.05) is 18.0 Å². The fourth-order valence-corrected chi connectivity index (χ4v) is 2.83. The van der Waals surface area contributed by atoms with Crippen LogP contribution in [-0.2, 0) is 21.1 Å². The van der Waals surface area contributed by atoms with Crippen LogP contribution in [0.5, 0.6) is 0 Å². The number of carbonyl (C=O) groups excluding carboxylic acids is 1. The molecule has 5 heteroatoms. The minimum absolute atomic E-state index is 0.0293. The Morgan fingerprint density at radius 2 is 2.06 bits per heavy atom. The molecular weight excluding hydrogens is 238 g/mol. The summed E-state index contributed by atoms with van der Waals surface area (Å²) in [5, 5.41) is 0. The van der Waals surface area contributed by atoms with Crippen LogP contribution in [0.4, 0.5) is 5.69 Å². The van der Waals surface area contributed by atoms with Crippen molar-refractivity contribution in [2.24, 2.45) is 0 Å². The Balaban J connectivity index is 2.31. The molecule has 1 heterocycles. The Kier molecular flexibility index (Phi) is 2.95. The predicted octanol–water partition coefficient (Wildman–Crippen LogP) is 1.01. The van der Waals surface area contributed by atoms with E-state index in [-0.39, 0.29) is 11.9 Å². The molecule has 0 saturated heterocycles. The van der Waals surface area contributed by atoms with Crippen molar-refractivity contribution in [2.75, 3.05) is 16.9 Å². The third-order valence-corrected chi connectivity index (χ3v) is 3.63. The molecular formula is C12H15NO3S. The number of hydrogen-bond acceptors (Lipinski definition) is 3. The van der Waals surface area contributed by atoms with Crippen molar-refractivity contribution in [1.82, 2.24) is 0 Å². The number of amides is 1. The van der Waals surface area contributed by atoms with Crippen LogP contribution in [0.15, 0.2) is 24.3 Å². The van der Waals surface area contributed by atoms with E-state index in [9.17, 15) is 13.2 Å². The molecule has 0 aliphatic carbocycles. The van der Waals surface area contributed by atoms with Crippen molar-refractivity contribution in [3.8, 4) is 0 Å². The van der Waals surface area contributed by atoms with Gasteiger partial charge in [0.05, 0.1) is 0 Å². The quantitative estimate of drug-likeness (QED) is 0.790. The first-order valence-corrected chi connectivity index (χ1v) is 7.52. The number of carbonyl (C=O) groups is 1. The van der Waals surface area contributed by atoms with Gasteiger partial charge in [0.25, 0.3) is 0 Å². The number of fused-ring (bicyclic) bond motifs is 1. The van der Waals surface area contributed by atoms with Gasteiger partial charge in [0.15, 0.2) is 9.84 Å². The van der Waals surface area contributed by atoms with Gasteiger partial charge in [-0.1, -0.05) is 18.2 Å². The van der Waals surface area contributed by atoms with E-state index in [2.05, 4.69) is 0 Å². The fraction of sp³-hybridized carbons (Fsp3) is 0.417. The lowest BCUT2D eigenvalue weighted by Crippen LogP contribution is -2.39. The van der Waals surface area contributed by atoms with Gasteiger partial charge in [0.2, 0.25) is 5.91 Å². The number of hydrogen-bond donors (Lipinski definition) is 0. The maximum Gasteiger partial charge on any atom is 0.242 e. The van der Waals surface area contributed by atoms with E-state index in [0.717, 1.165) is 23.9 Å². The van der Waals surface area contributed by atoms with E-state index in [4.69, 9.17) is 0 Å². The second kappa shape index (κ2) is 4.14. The lowest BCUT2D eigenvalue weighted by molar-refractivity contribution is -0.116. The van der Waals surface area contributed by atoms with Crippen LogP contribution in [0.1, 0.15) is 12.5 Å². The molecule has 1 aromatic rings. The van der Waals surface area contributed by atoms with Crippen molar-refractivity contribution in [1.29, 1.82) is 0 Å². The summed E-state index contributed by atoms with van der Waals surface area (Å²) in [6.07, 6.45) is 1.86. The molecule has 0 saturated carbocycles. The highest BCUT2D eigenvalue weighted by Gasteiger charge is 2.31. The standard InChI is InChI=1S/C12H15NO3S/c1-9-7-10-5-3-4-6-11(10)13(9)12(14)8-17(2,15)16/h3-6,9H,7-8H2,1-2H3/t9-/m1/s1. The molecule has 1 aromatic carbocycles. The summed E-state index contributed by atoms with van der Waals surface area (Å²) in [7, 11) is -3.28. The molecule has 0 bridgehead atoms. The fourth-order valence-electron chi connectivity index (χ4n) is 2.24. The van der Waals surface area contributed by atoms with Gasteiger partial charge >= 0.3 is 0 Å². The Morgan fingerprint density at radius 3 is 2.71 bits per heavy atom. The molecule has 2 rings (SSSR count). The van der Waals surface area contributed by atoms with Gasteiger partial charge in [-0.15, -0.1) is 0 Å². The monoisotopic (exact) mass is 253 g/mol. The summed E-state index contributed by atoms with van der Waals surface area (Å²) >= 11 is 0. The zero-order valence-corrected chi connectivity index (χ0v) is 10.7. The van der Waals surface area contributed by atoms with E-state index >= 15 is 0 Å². The van der Waals surface area contributed by atoms with Crippen molar-refractivity contribution in [2.45, 2.75) is 19.4 Å². The highest BCUT2D eigenvalue weighted by atomic mass is 32.2. The molecule has 1 aliphatic heterocycles. The molecule has 0 spiro atoms. The van der Waals surface area contributed by atoms with Crippen LogP contribution < -0.4 is 4.90 Å². The van der Waals surface area contributed by atoms with E-state index < -0.39 is 15.6 Å². The van der Waals surface area contributed by atoms with Crippen LogP contribution in [0.2, 0.25) is 0 Å². The van der Waals surface area contributed by atoms with Gasteiger partial charge < -0.3 is 4.90 Å². The maximum absolute atomic E-state index is 12.0. The molecule has 0 radical (unpaired) electrons. The molecule has 0 fully saturated rings. The van der Waals surface area contributed by atoms with Crippen LogP contribution in [0, 0.1) is 0 Å². The minimum Gasteiger partial charge on any atom is -0.308 e. The van der Waals surface area contributed by atoms with Crippen LogP contribution in [0.25, 0.3) is 0 Å². The lowest BCUT2D eigenvalue weighted by Gasteiger charge is -2.22. The van der Waals surface area contributed by atoms with Crippen molar-refractivity contribution in [3.63, 3.8) is 0 Å². The second-order valence-electron chi connectivity index (χ2n) is 4.52. The number of sulfone groups is 1.